The van der Waals surface area contributed by atoms with Crippen molar-refractivity contribution in [2.75, 3.05) is 17.6 Å². The maximum Gasteiger partial charge on any atom is 0.269 e. The summed E-state index contributed by atoms with van der Waals surface area (Å²) >= 11 is 1.24. The van der Waals surface area contributed by atoms with E-state index >= 15 is 0 Å². The predicted molar refractivity (Wildman–Crippen MR) is 128 cm³/mol. The highest BCUT2D eigenvalue weighted by Gasteiger charge is 2.34. The molecule has 0 radical (unpaired) electrons. The molecule has 0 spiro atoms. The zero-order valence-electron chi connectivity index (χ0n) is 18.8. The minimum atomic E-state index is -0.493. The number of thioether (sulfide) groups is 1. The molecule has 0 bridgehead atoms. The summed E-state index contributed by atoms with van der Waals surface area (Å²) in [6.45, 7) is 2.64. The van der Waals surface area contributed by atoms with Gasteiger partial charge in [0, 0.05) is 37.0 Å². The lowest BCUT2D eigenvalue weighted by Crippen LogP contribution is -2.31. The highest BCUT2D eigenvalue weighted by atomic mass is 32.2. The molecule has 1 aliphatic heterocycles. The van der Waals surface area contributed by atoms with E-state index in [9.17, 15) is 19.7 Å². The van der Waals surface area contributed by atoms with Gasteiger partial charge in [0.25, 0.3) is 11.6 Å². The van der Waals surface area contributed by atoms with Crippen LogP contribution in [0.4, 0.5) is 11.4 Å². The Kier molecular flexibility index (Phi) is 6.92. The molecule has 1 N–H and O–H groups in total. The van der Waals surface area contributed by atoms with Crippen LogP contribution in [-0.2, 0) is 11.8 Å². The van der Waals surface area contributed by atoms with Crippen molar-refractivity contribution in [3.05, 3.63) is 75.6 Å². The Labute approximate surface area is 200 Å². The van der Waals surface area contributed by atoms with E-state index in [-0.39, 0.29) is 29.3 Å². The summed E-state index contributed by atoms with van der Waals surface area (Å²) in [4.78, 5) is 37.5. The fourth-order valence-electron chi connectivity index (χ4n) is 3.88. The highest BCUT2D eigenvalue weighted by molar-refractivity contribution is 7.99. The third kappa shape index (κ3) is 5.09. The van der Waals surface area contributed by atoms with Crippen LogP contribution in [0.1, 0.15) is 40.6 Å². The van der Waals surface area contributed by atoms with E-state index in [4.69, 9.17) is 0 Å². The van der Waals surface area contributed by atoms with Gasteiger partial charge in [-0.1, -0.05) is 29.5 Å². The summed E-state index contributed by atoms with van der Waals surface area (Å²) in [5.41, 5.74) is 2.19. The number of aryl methyl sites for hydroxylation is 1. The first-order valence-corrected chi connectivity index (χ1v) is 11.8. The number of hydrogen-bond acceptors (Lipinski definition) is 7. The number of carbonyl (C=O) groups excluding carboxylic acids is 2. The van der Waals surface area contributed by atoms with Gasteiger partial charge in [0.1, 0.15) is 0 Å². The van der Waals surface area contributed by atoms with Crippen molar-refractivity contribution in [3.8, 4) is 0 Å². The third-order valence-electron chi connectivity index (χ3n) is 5.67. The van der Waals surface area contributed by atoms with Gasteiger partial charge in [-0.15, -0.1) is 10.2 Å². The fourth-order valence-corrected chi connectivity index (χ4v) is 4.59. The van der Waals surface area contributed by atoms with Crippen LogP contribution in [0.3, 0.4) is 0 Å². The fraction of sp³-hybridized carbons (Fsp3) is 0.304. The molecule has 2 heterocycles. The average Bonchev–Trinajstić information content (AvgIpc) is 3.44. The average molecular weight is 481 g/mol. The lowest BCUT2D eigenvalue weighted by atomic mass is 10.1. The largest absolute Gasteiger partial charge is 0.328 e. The summed E-state index contributed by atoms with van der Waals surface area (Å²) in [6, 6.07) is 13.0. The van der Waals surface area contributed by atoms with Gasteiger partial charge < -0.3 is 14.8 Å². The van der Waals surface area contributed by atoms with E-state index in [0.717, 1.165) is 18.4 Å². The zero-order chi connectivity index (χ0) is 24.2. The van der Waals surface area contributed by atoms with Crippen LogP contribution in [-0.4, -0.2) is 48.7 Å². The Balaban J connectivity index is 1.39. The van der Waals surface area contributed by atoms with Crippen LogP contribution >= 0.6 is 11.8 Å². The number of benzene rings is 2. The molecule has 3 aromatic rings. The van der Waals surface area contributed by atoms with Gasteiger partial charge in [-0.25, -0.2) is 0 Å². The molecule has 1 fully saturated rings. The molecule has 10 nitrogen and oxygen atoms in total. The molecule has 4 rings (SSSR count). The molecule has 2 aromatic carbocycles. The quantitative estimate of drug-likeness (QED) is 0.310. The van der Waals surface area contributed by atoms with Crippen LogP contribution in [0, 0.1) is 17.0 Å². The number of carbonyl (C=O) groups is 2. The highest BCUT2D eigenvalue weighted by Crippen LogP contribution is 2.33. The van der Waals surface area contributed by atoms with Crippen molar-refractivity contribution < 1.29 is 14.5 Å². The number of likely N-dealkylation sites (tertiary alicyclic amines) is 1. The standard InChI is InChI=1S/C23H24N6O4S/c1-15-5-7-16(8-6-15)22(31)28-13-3-4-19(28)21-25-26-23(27(21)2)34-14-20(30)24-17-9-11-18(12-10-17)29(32)33/h5-12,19H,3-4,13-14H2,1-2H3,(H,24,30). The molecule has 1 saturated heterocycles. The molecule has 1 aromatic heterocycles. The van der Waals surface area contributed by atoms with E-state index in [1.165, 1.54) is 36.0 Å². The van der Waals surface area contributed by atoms with E-state index < -0.39 is 4.92 Å². The van der Waals surface area contributed by atoms with Gasteiger partial charge in [-0.2, -0.15) is 0 Å². The summed E-state index contributed by atoms with van der Waals surface area (Å²) in [6.07, 6.45) is 1.68. The van der Waals surface area contributed by atoms with Gasteiger partial charge in [-0.3, -0.25) is 19.7 Å². The first-order valence-electron chi connectivity index (χ1n) is 10.8. The van der Waals surface area contributed by atoms with Crippen LogP contribution in [0.5, 0.6) is 0 Å². The predicted octanol–water partition coefficient (Wildman–Crippen LogP) is 3.74. The second-order valence-corrected chi connectivity index (χ2v) is 9.01. The van der Waals surface area contributed by atoms with Gasteiger partial charge in [-0.05, 0) is 44.0 Å². The first kappa shape index (κ1) is 23.4. The molecular weight excluding hydrogens is 456 g/mol. The summed E-state index contributed by atoms with van der Waals surface area (Å²) in [5, 5.41) is 22.6. The number of nitro benzene ring substituents is 1. The number of nitro groups is 1. The number of rotatable bonds is 7. The number of nitrogens with one attached hydrogen (secondary N) is 1. The lowest BCUT2D eigenvalue weighted by molar-refractivity contribution is -0.384. The number of nitrogens with zero attached hydrogens (tertiary/aromatic N) is 5. The van der Waals surface area contributed by atoms with E-state index in [0.29, 0.717) is 28.8 Å². The summed E-state index contributed by atoms with van der Waals surface area (Å²) in [7, 11) is 1.83. The SMILES string of the molecule is Cc1ccc(C(=O)N2CCCC2c2nnc(SCC(=O)Nc3ccc([N+](=O)[O-])cc3)n2C)cc1. The van der Waals surface area contributed by atoms with Crippen LogP contribution in [0.2, 0.25) is 0 Å². The molecule has 2 amide bonds. The minimum Gasteiger partial charge on any atom is -0.328 e. The van der Waals surface area contributed by atoms with Crippen molar-refractivity contribution >= 4 is 35.0 Å². The second-order valence-electron chi connectivity index (χ2n) is 8.06. The normalized spacial score (nSPS) is 15.4. The van der Waals surface area contributed by atoms with Crippen LogP contribution in [0.15, 0.2) is 53.7 Å². The summed E-state index contributed by atoms with van der Waals surface area (Å²) in [5.74, 6) is 0.499. The van der Waals surface area contributed by atoms with E-state index in [2.05, 4.69) is 15.5 Å². The lowest BCUT2D eigenvalue weighted by Gasteiger charge is -2.24. The zero-order valence-corrected chi connectivity index (χ0v) is 19.6. The van der Waals surface area contributed by atoms with Gasteiger partial charge in [0.15, 0.2) is 11.0 Å². The Morgan fingerprint density at radius 1 is 1.15 bits per heavy atom. The summed E-state index contributed by atoms with van der Waals surface area (Å²) < 4.78 is 1.83. The Morgan fingerprint density at radius 2 is 1.85 bits per heavy atom. The number of hydrogen-bond donors (Lipinski definition) is 1. The van der Waals surface area contributed by atoms with Crippen molar-refractivity contribution in [1.29, 1.82) is 0 Å². The molecule has 0 aliphatic carbocycles. The minimum absolute atomic E-state index is 0.0258. The Hall–Kier alpha value is -3.73. The maximum absolute atomic E-state index is 13.1. The first-order chi connectivity index (χ1) is 16.3. The Morgan fingerprint density at radius 3 is 2.53 bits per heavy atom. The number of anilines is 1. The van der Waals surface area contributed by atoms with Crippen molar-refractivity contribution in [1.82, 2.24) is 19.7 Å². The van der Waals surface area contributed by atoms with E-state index in [1.807, 2.05) is 47.7 Å². The number of non-ortho nitro benzene ring substituents is 1. The second kappa shape index (κ2) is 10.0. The topological polar surface area (TPSA) is 123 Å². The van der Waals surface area contributed by atoms with Crippen LogP contribution in [0.25, 0.3) is 0 Å². The van der Waals surface area contributed by atoms with Crippen molar-refractivity contribution in [3.63, 3.8) is 0 Å². The Bertz CT molecular complexity index is 1210. The van der Waals surface area contributed by atoms with Crippen molar-refractivity contribution in [2.24, 2.45) is 7.05 Å². The molecule has 0 saturated carbocycles. The van der Waals surface area contributed by atoms with Gasteiger partial charge in [0.2, 0.25) is 5.91 Å². The molecule has 34 heavy (non-hydrogen) atoms. The third-order valence-corrected chi connectivity index (χ3v) is 6.69. The maximum atomic E-state index is 13.1. The van der Waals surface area contributed by atoms with Gasteiger partial charge in [0.05, 0.1) is 16.7 Å². The number of amides is 2. The molecule has 1 unspecified atom stereocenters. The molecule has 1 atom stereocenters. The molecule has 176 valence electrons. The molecular formula is C23H24N6O4S. The van der Waals surface area contributed by atoms with Crippen LogP contribution < -0.4 is 5.32 Å². The molecule has 1 aliphatic rings. The number of aromatic nitrogens is 3. The van der Waals surface area contributed by atoms with Crippen molar-refractivity contribution in [2.45, 2.75) is 31.0 Å². The van der Waals surface area contributed by atoms with E-state index in [1.54, 1.807) is 0 Å². The van der Waals surface area contributed by atoms with Gasteiger partial charge >= 0.3 is 0 Å². The monoisotopic (exact) mass is 480 g/mol. The smallest absolute Gasteiger partial charge is 0.269 e. The molecule has 11 heteroatoms.